The molecule has 2 aromatic carbocycles. The van der Waals surface area contributed by atoms with Gasteiger partial charge in [0.05, 0.1) is 21.5 Å². The van der Waals surface area contributed by atoms with Gasteiger partial charge in [-0.05, 0) is 56.0 Å². The summed E-state index contributed by atoms with van der Waals surface area (Å²) >= 11 is 12.3. The van der Waals surface area contributed by atoms with Crippen molar-refractivity contribution in [3.05, 3.63) is 52.0 Å². The zero-order valence-electron chi connectivity index (χ0n) is 22.7. The van der Waals surface area contributed by atoms with Gasteiger partial charge in [-0.3, -0.25) is 13.9 Å². The van der Waals surface area contributed by atoms with Crippen molar-refractivity contribution in [2.24, 2.45) is 0 Å². The molecule has 0 saturated heterocycles. The molecule has 2 aliphatic rings. The summed E-state index contributed by atoms with van der Waals surface area (Å²) in [6.07, 6.45) is 4.24. The first-order valence-electron chi connectivity index (χ1n) is 13.6. The minimum absolute atomic E-state index is 0.0491. The largest absolute Gasteiger partial charge is 0.486 e. The van der Waals surface area contributed by atoms with Crippen LogP contribution in [0.3, 0.4) is 0 Å². The van der Waals surface area contributed by atoms with Gasteiger partial charge in [-0.2, -0.15) is 0 Å². The molecule has 2 amide bonds. The highest BCUT2D eigenvalue weighted by atomic mass is 35.5. The molecular weight excluding hydrogens is 577 g/mol. The van der Waals surface area contributed by atoms with E-state index in [1.807, 2.05) is 6.92 Å². The Hall–Kier alpha value is -2.69. The molecule has 12 heteroatoms. The molecule has 9 nitrogen and oxygen atoms in total. The van der Waals surface area contributed by atoms with Gasteiger partial charge in [-0.25, -0.2) is 8.42 Å². The number of carbonyl (C=O) groups is 2. The Morgan fingerprint density at radius 1 is 1.00 bits per heavy atom. The highest BCUT2D eigenvalue weighted by Crippen LogP contribution is 2.35. The molecule has 1 unspecified atom stereocenters. The van der Waals surface area contributed by atoms with E-state index in [1.165, 1.54) is 11.8 Å². The van der Waals surface area contributed by atoms with E-state index in [0.717, 1.165) is 30.0 Å². The minimum atomic E-state index is -3.87. The topological polar surface area (TPSA) is 105 Å². The molecule has 40 heavy (non-hydrogen) atoms. The molecule has 0 spiro atoms. The van der Waals surface area contributed by atoms with Crippen LogP contribution in [-0.2, 0) is 26.2 Å². The highest BCUT2D eigenvalue weighted by Gasteiger charge is 2.34. The van der Waals surface area contributed by atoms with Gasteiger partial charge >= 0.3 is 0 Å². The Morgan fingerprint density at radius 2 is 1.70 bits per heavy atom. The number of sulfonamides is 1. The predicted octanol–water partition coefficient (Wildman–Crippen LogP) is 4.79. The molecule has 1 heterocycles. The molecule has 2 aromatic rings. The quantitative estimate of drug-likeness (QED) is 0.392. The molecule has 0 aromatic heterocycles. The predicted molar refractivity (Wildman–Crippen MR) is 156 cm³/mol. The third-order valence-corrected chi connectivity index (χ3v) is 9.70. The van der Waals surface area contributed by atoms with Crippen LogP contribution in [0, 0.1) is 0 Å². The van der Waals surface area contributed by atoms with Crippen LogP contribution in [0.15, 0.2) is 36.4 Å². The third kappa shape index (κ3) is 7.14. The van der Waals surface area contributed by atoms with Crippen LogP contribution in [0.25, 0.3) is 0 Å². The van der Waals surface area contributed by atoms with E-state index in [4.69, 9.17) is 32.7 Å². The Balaban J connectivity index is 1.66. The molecule has 1 aliphatic carbocycles. The Bertz CT molecular complexity index is 1330. The molecule has 0 radical (unpaired) electrons. The van der Waals surface area contributed by atoms with E-state index in [1.54, 1.807) is 36.4 Å². The molecular formula is C28H35Cl2N3O6S. The van der Waals surface area contributed by atoms with Crippen molar-refractivity contribution in [1.29, 1.82) is 0 Å². The van der Waals surface area contributed by atoms with Crippen molar-refractivity contribution < 1.29 is 27.5 Å². The first-order chi connectivity index (χ1) is 19.1. The number of anilines is 1. The lowest BCUT2D eigenvalue weighted by atomic mass is 10.1. The SMILES string of the molecule is CCC(C(=O)NC1CCCC1)N(Cc1ccc(Cl)c(Cl)c1)C(=O)CN(c1ccc2c(c1)OCCO2)S(=O)(=O)CC. The zero-order valence-corrected chi connectivity index (χ0v) is 25.0. The highest BCUT2D eigenvalue weighted by molar-refractivity contribution is 7.92. The van der Waals surface area contributed by atoms with Crippen molar-refractivity contribution in [2.75, 3.05) is 29.8 Å². The minimum Gasteiger partial charge on any atom is -0.486 e. The summed E-state index contributed by atoms with van der Waals surface area (Å²) in [5, 5.41) is 3.78. The number of carbonyl (C=O) groups excluding carboxylic acids is 2. The fourth-order valence-corrected chi connectivity index (χ4v) is 6.40. The molecule has 1 N–H and O–H groups in total. The monoisotopic (exact) mass is 611 g/mol. The van der Waals surface area contributed by atoms with Crippen LogP contribution < -0.4 is 19.1 Å². The van der Waals surface area contributed by atoms with Crippen molar-refractivity contribution in [3.63, 3.8) is 0 Å². The molecule has 218 valence electrons. The number of benzene rings is 2. The summed E-state index contributed by atoms with van der Waals surface area (Å²) in [4.78, 5) is 28.9. The van der Waals surface area contributed by atoms with Crippen LogP contribution >= 0.6 is 23.2 Å². The number of hydrogen-bond donors (Lipinski definition) is 1. The Labute approximate surface area is 245 Å². The van der Waals surface area contributed by atoms with E-state index in [2.05, 4.69) is 5.32 Å². The summed E-state index contributed by atoms with van der Waals surface area (Å²) < 4.78 is 38.8. The van der Waals surface area contributed by atoms with Gasteiger partial charge in [-0.15, -0.1) is 0 Å². The van der Waals surface area contributed by atoms with E-state index in [0.29, 0.717) is 46.7 Å². The third-order valence-electron chi connectivity index (χ3n) is 7.22. The van der Waals surface area contributed by atoms with Crippen LogP contribution in [0.1, 0.15) is 51.5 Å². The molecule has 4 rings (SSSR count). The van der Waals surface area contributed by atoms with Gasteiger partial charge in [0.15, 0.2) is 11.5 Å². The standard InChI is InChI=1S/C28H35Cl2N3O6S/c1-3-24(28(35)31-20-7-5-6-8-20)32(17-19-9-11-22(29)23(30)15-19)27(34)18-33(40(36,37)4-2)21-10-12-25-26(16-21)39-14-13-38-25/h9-12,15-16,20,24H,3-8,13-14,17-18H2,1-2H3,(H,31,35). The van der Waals surface area contributed by atoms with Crippen LogP contribution in [0.5, 0.6) is 11.5 Å². The van der Waals surface area contributed by atoms with Gasteiger partial charge in [0.1, 0.15) is 25.8 Å². The van der Waals surface area contributed by atoms with Crippen LogP contribution in [0.4, 0.5) is 5.69 Å². The second kappa shape index (κ2) is 13.3. The Kier molecular flexibility index (Phi) is 10.1. The van der Waals surface area contributed by atoms with Crippen molar-refractivity contribution in [2.45, 2.75) is 64.6 Å². The second-order valence-electron chi connectivity index (χ2n) is 9.92. The van der Waals surface area contributed by atoms with Gasteiger partial charge in [0.25, 0.3) is 0 Å². The van der Waals surface area contributed by atoms with Crippen LogP contribution in [0.2, 0.25) is 10.0 Å². The maximum absolute atomic E-state index is 14.0. The molecule has 0 bridgehead atoms. The number of nitrogens with zero attached hydrogens (tertiary/aromatic N) is 2. The summed E-state index contributed by atoms with van der Waals surface area (Å²) in [7, 11) is -3.87. The van der Waals surface area contributed by atoms with E-state index in [-0.39, 0.29) is 29.9 Å². The number of hydrogen-bond acceptors (Lipinski definition) is 6. The van der Waals surface area contributed by atoms with Gasteiger partial charge in [-0.1, -0.05) is 49.0 Å². The molecule has 1 atom stereocenters. The summed E-state index contributed by atoms with van der Waals surface area (Å²) in [6, 6.07) is 9.04. The summed E-state index contributed by atoms with van der Waals surface area (Å²) in [5.74, 6) is -0.0898. The number of amides is 2. The average molecular weight is 613 g/mol. The normalized spacial score (nSPS) is 15.9. The van der Waals surface area contributed by atoms with E-state index in [9.17, 15) is 18.0 Å². The lowest BCUT2D eigenvalue weighted by molar-refractivity contribution is -0.140. The number of fused-ring (bicyclic) bond motifs is 1. The number of rotatable bonds is 11. The zero-order chi connectivity index (χ0) is 28.9. The van der Waals surface area contributed by atoms with Gasteiger partial charge in [0, 0.05) is 18.7 Å². The lowest BCUT2D eigenvalue weighted by Gasteiger charge is -2.34. The molecule has 1 fully saturated rings. The number of ether oxygens (including phenoxy) is 2. The van der Waals surface area contributed by atoms with Crippen LogP contribution in [-0.4, -0.2) is 62.7 Å². The fraction of sp³-hybridized carbons (Fsp3) is 0.500. The van der Waals surface area contributed by atoms with E-state index < -0.39 is 28.5 Å². The van der Waals surface area contributed by atoms with Gasteiger partial charge in [0.2, 0.25) is 21.8 Å². The maximum atomic E-state index is 14.0. The summed E-state index contributed by atoms with van der Waals surface area (Å²) in [5.41, 5.74) is 0.941. The fourth-order valence-electron chi connectivity index (χ4n) is 5.03. The second-order valence-corrected chi connectivity index (χ2v) is 12.9. The van der Waals surface area contributed by atoms with Gasteiger partial charge < -0.3 is 19.7 Å². The summed E-state index contributed by atoms with van der Waals surface area (Å²) in [6.45, 7) is 3.63. The van der Waals surface area contributed by atoms with Crippen molar-refractivity contribution in [3.8, 4) is 11.5 Å². The Morgan fingerprint density at radius 3 is 2.35 bits per heavy atom. The molecule has 1 saturated carbocycles. The first kappa shape index (κ1) is 30.3. The lowest BCUT2D eigenvalue weighted by Crippen LogP contribution is -2.53. The average Bonchev–Trinajstić information content (AvgIpc) is 3.46. The smallest absolute Gasteiger partial charge is 0.244 e. The first-order valence-corrected chi connectivity index (χ1v) is 15.9. The number of nitrogens with one attached hydrogen (secondary N) is 1. The molecule has 1 aliphatic heterocycles. The maximum Gasteiger partial charge on any atom is 0.244 e. The van der Waals surface area contributed by atoms with Crippen molar-refractivity contribution in [1.82, 2.24) is 10.2 Å². The number of halogens is 2. The van der Waals surface area contributed by atoms with Crippen molar-refractivity contribution >= 4 is 50.7 Å². The van der Waals surface area contributed by atoms with E-state index >= 15 is 0 Å².